The molecule has 0 atom stereocenters. The number of fused-ring (bicyclic) bond motifs is 1. The number of Topliss-reactive ketones (excluding diaryl/α,β-unsaturated/α-hetero) is 1. The Bertz CT molecular complexity index is 861. The molecule has 0 unspecified atom stereocenters. The number of hydrogen-bond donors (Lipinski definition) is 3. The molecule has 0 saturated heterocycles. The third-order valence-corrected chi connectivity index (χ3v) is 5.12. The van der Waals surface area contributed by atoms with Gasteiger partial charge in [0.2, 0.25) is 11.6 Å². The van der Waals surface area contributed by atoms with Crippen LogP contribution in [-0.4, -0.2) is 40.1 Å². The number of benzene rings is 1. The van der Waals surface area contributed by atoms with E-state index >= 15 is 0 Å². The van der Waals surface area contributed by atoms with Crippen molar-refractivity contribution in [2.24, 2.45) is 0 Å². The zero-order valence-corrected chi connectivity index (χ0v) is 15.5. The van der Waals surface area contributed by atoms with Crippen LogP contribution in [0.15, 0.2) is 47.5 Å². The number of H-pyrrole nitrogens is 1. The number of aromatic amines is 1. The fourth-order valence-corrected chi connectivity index (χ4v) is 3.63. The molecule has 1 aliphatic carbocycles. The predicted molar refractivity (Wildman–Crippen MR) is 105 cm³/mol. The summed E-state index contributed by atoms with van der Waals surface area (Å²) in [7, 11) is 0. The van der Waals surface area contributed by atoms with E-state index in [1.165, 1.54) is 24.0 Å². The van der Waals surface area contributed by atoms with Crippen LogP contribution in [0.25, 0.3) is 0 Å². The van der Waals surface area contributed by atoms with Crippen LogP contribution in [0.2, 0.25) is 0 Å². The monoisotopic (exact) mass is 384 g/mol. The summed E-state index contributed by atoms with van der Waals surface area (Å²) in [4.78, 5) is 36.4. The first kappa shape index (κ1) is 18.9. The van der Waals surface area contributed by atoms with E-state index in [1.54, 1.807) is 0 Å². The lowest BCUT2D eigenvalue weighted by molar-refractivity contribution is 0.0989. The molecule has 27 heavy (non-hydrogen) atoms. The van der Waals surface area contributed by atoms with Crippen molar-refractivity contribution >= 4 is 35.0 Å². The van der Waals surface area contributed by atoms with Crippen LogP contribution in [0.4, 0.5) is 10.5 Å². The predicted octanol–water partition coefficient (Wildman–Crippen LogP) is 3.40. The fourth-order valence-electron chi connectivity index (χ4n) is 2.63. The Hall–Kier alpha value is -2.87. The Morgan fingerprint density at radius 1 is 1.11 bits per heavy atom. The number of unbranched alkanes of at least 4 members (excludes halogenated alkanes) is 2. The highest BCUT2D eigenvalue weighted by molar-refractivity contribution is 8.04. The summed E-state index contributed by atoms with van der Waals surface area (Å²) in [6.45, 7) is 0.585. The third kappa shape index (κ3) is 5.07. The van der Waals surface area contributed by atoms with Crippen molar-refractivity contribution in [3.63, 3.8) is 0 Å². The topological polar surface area (TPSA) is 104 Å². The second-order valence-electron chi connectivity index (χ2n) is 6.02. The first-order valence-corrected chi connectivity index (χ1v) is 9.70. The van der Waals surface area contributed by atoms with E-state index in [4.69, 9.17) is 0 Å². The van der Waals surface area contributed by atoms with Gasteiger partial charge >= 0.3 is 6.03 Å². The molecule has 7 nitrogen and oxygen atoms in total. The van der Waals surface area contributed by atoms with Crippen LogP contribution in [0, 0.1) is 0 Å². The molecular weight excluding hydrogens is 364 g/mol. The maximum Gasteiger partial charge on any atom is 0.319 e. The van der Waals surface area contributed by atoms with Crippen molar-refractivity contribution in [2.45, 2.75) is 19.3 Å². The first-order valence-electron chi connectivity index (χ1n) is 8.72. The van der Waals surface area contributed by atoms with Gasteiger partial charge in [-0.15, -0.1) is 11.8 Å². The normalized spacial score (nSPS) is 13.1. The Labute approximate surface area is 161 Å². The summed E-state index contributed by atoms with van der Waals surface area (Å²) in [5, 5.41) is 11.9. The second kappa shape index (κ2) is 9.18. The van der Waals surface area contributed by atoms with Gasteiger partial charge in [-0.2, -0.15) is 5.10 Å². The molecule has 0 aliphatic heterocycles. The summed E-state index contributed by atoms with van der Waals surface area (Å²) in [6, 6.07) is 9.05. The summed E-state index contributed by atoms with van der Waals surface area (Å²) >= 11 is 1.39. The number of urea groups is 1. The number of carbonyl (C=O) groups is 3. The quantitative estimate of drug-likeness (QED) is 0.605. The molecular formula is C19H20N4O3S. The van der Waals surface area contributed by atoms with Gasteiger partial charge in [0, 0.05) is 18.3 Å². The molecule has 0 radical (unpaired) electrons. The Morgan fingerprint density at radius 3 is 2.74 bits per heavy atom. The summed E-state index contributed by atoms with van der Waals surface area (Å²) in [5.74, 6) is 0.384. The molecule has 1 aromatic carbocycles. The molecule has 0 saturated carbocycles. The number of aromatic nitrogens is 2. The average Bonchev–Trinajstić information content (AvgIpc) is 3.16. The van der Waals surface area contributed by atoms with Gasteiger partial charge in [-0.3, -0.25) is 14.7 Å². The van der Waals surface area contributed by atoms with Crippen molar-refractivity contribution in [1.82, 2.24) is 15.5 Å². The van der Waals surface area contributed by atoms with Gasteiger partial charge in [-0.05, 0) is 30.7 Å². The van der Waals surface area contributed by atoms with Gasteiger partial charge in [-0.25, -0.2) is 4.79 Å². The molecule has 1 aromatic heterocycles. The van der Waals surface area contributed by atoms with Crippen molar-refractivity contribution in [2.75, 3.05) is 17.6 Å². The van der Waals surface area contributed by atoms with E-state index in [9.17, 15) is 14.4 Å². The maximum atomic E-state index is 12.3. The SMILES string of the molecule is O=C(NCCCCCSC1=CC(=O)c2[nH]ncc2C1=O)Nc1ccccc1. The molecule has 3 N–H and O–H groups in total. The van der Waals surface area contributed by atoms with Gasteiger partial charge in [0.25, 0.3) is 0 Å². The number of rotatable bonds is 8. The fraction of sp³-hybridized carbons (Fsp3) is 0.263. The zero-order chi connectivity index (χ0) is 19.1. The highest BCUT2D eigenvalue weighted by Crippen LogP contribution is 2.27. The smallest absolute Gasteiger partial charge is 0.319 e. The minimum atomic E-state index is -0.219. The van der Waals surface area contributed by atoms with E-state index in [1.807, 2.05) is 30.3 Å². The van der Waals surface area contributed by atoms with Crippen molar-refractivity contribution in [3.05, 3.63) is 58.8 Å². The number of thioether (sulfide) groups is 1. The number of carbonyl (C=O) groups excluding carboxylic acids is 3. The molecule has 1 aliphatic rings. The molecule has 2 amide bonds. The second-order valence-corrected chi connectivity index (χ2v) is 7.15. The molecule has 1 heterocycles. The van der Waals surface area contributed by atoms with Crippen LogP contribution in [0.1, 0.15) is 40.1 Å². The number of amides is 2. The van der Waals surface area contributed by atoms with Gasteiger partial charge in [0.15, 0.2) is 0 Å². The highest BCUT2D eigenvalue weighted by Gasteiger charge is 2.27. The van der Waals surface area contributed by atoms with Crippen LogP contribution in [0.3, 0.4) is 0 Å². The lowest BCUT2D eigenvalue weighted by Gasteiger charge is -2.10. The lowest BCUT2D eigenvalue weighted by atomic mass is 10.0. The third-order valence-electron chi connectivity index (χ3n) is 4.01. The molecule has 0 spiro atoms. The molecule has 3 rings (SSSR count). The Morgan fingerprint density at radius 2 is 1.93 bits per heavy atom. The number of hydrogen-bond acceptors (Lipinski definition) is 5. The van der Waals surface area contributed by atoms with Gasteiger partial charge in [-0.1, -0.05) is 24.6 Å². The highest BCUT2D eigenvalue weighted by atomic mass is 32.2. The number of para-hydroxylation sites is 1. The van der Waals surface area contributed by atoms with Crippen LogP contribution < -0.4 is 10.6 Å². The van der Waals surface area contributed by atoms with Crippen molar-refractivity contribution in [3.8, 4) is 0 Å². The average molecular weight is 384 g/mol. The van der Waals surface area contributed by atoms with Crippen LogP contribution in [-0.2, 0) is 0 Å². The number of allylic oxidation sites excluding steroid dienone is 2. The van der Waals surface area contributed by atoms with Crippen molar-refractivity contribution in [1.29, 1.82) is 0 Å². The van der Waals surface area contributed by atoms with Gasteiger partial charge in [0.1, 0.15) is 5.69 Å². The van der Waals surface area contributed by atoms with Crippen molar-refractivity contribution < 1.29 is 14.4 Å². The maximum absolute atomic E-state index is 12.3. The molecule has 0 fully saturated rings. The van der Waals surface area contributed by atoms with Gasteiger partial charge in [0.05, 0.1) is 16.7 Å². The largest absolute Gasteiger partial charge is 0.338 e. The van der Waals surface area contributed by atoms with E-state index < -0.39 is 0 Å². The molecule has 8 heteroatoms. The van der Waals surface area contributed by atoms with E-state index in [0.717, 1.165) is 30.7 Å². The Balaban J connectivity index is 1.29. The summed E-state index contributed by atoms with van der Waals surface area (Å²) in [6.07, 6.45) is 5.44. The lowest BCUT2D eigenvalue weighted by Crippen LogP contribution is -2.29. The van der Waals surface area contributed by atoms with Crippen LogP contribution in [0.5, 0.6) is 0 Å². The van der Waals surface area contributed by atoms with E-state index in [2.05, 4.69) is 20.8 Å². The standard InChI is InChI=1S/C19H20N4O3S/c24-15-11-16(18(25)14-12-21-23-17(14)15)27-10-6-2-5-9-20-19(26)22-13-7-3-1-4-8-13/h1,3-4,7-8,11-12H,2,5-6,9-10H2,(H,21,23)(H2,20,22,26). The minimum Gasteiger partial charge on any atom is -0.338 e. The molecule has 2 aromatic rings. The zero-order valence-electron chi connectivity index (χ0n) is 14.7. The summed E-state index contributed by atoms with van der Waals surface area (Å²) < 4.78 is 0. The number of anilines is 1. The Kier molecular flexibility index (Phi) is 6.43. The van der Waals surface area contributed by atoms with E-state index in [0.29, 0.717) is 17.0 Å². The first-order chi connectivity index (χ1) is 13.1. The molecule has 140 valence electrons. The van der Waals surface area contributed by atoms with Crippen LogP contribution >= 0.6 is 11.8 Å². The van der Waals surface area contributed by atoms with E-state index in [-0.39, 0.29) is 23.3 Å². The number of ketones is 2. The molecule has 0 bridgehead atoms. The number of nitrogens with zero attached hydrogens (tertiary/aromatic N) is 1. The summed E-state index contributed by atoms with van der Waals surface area (Å²) in [5.41, 5.74) is 1.37. The number of nitrogens with one attached hydrogen (secondary N) is 3. The van der Waals surface area contributed by atoms with Gasteiger partial charge < -0.3 is 10.6 Å². The minimum absolute atomic E-state index is 0.150.